The number of hydrogen-bond donors (Lipinski definition) is 2. The molecule has 0 aliphatic rings. The van der Waals surface area contributed by atoms with Crippen LogP contribution < -0.4 is 5.73 Å². The molecule has 0 aromatic carbocycles. The number of aromatic nitrogens is 2. The number of aryl methyl sites for hydroxylation is 1. The van der Waals surface area contributed by atoms with Gasteiger partial charge in [-0.25, -0.2) is 4.79 Å². The van der Waals surface area contributed by atoms with Crippen LogP contribution in [0.3, 0.4) is 0 Å². The van der Waals surface area contributed by atoms with Gasteiger partial charge in [0.25, 0.3) is 0 Å². The van der Waals surface area contributed by atoms with E-state index in [0.717, 1.165) is 7.05 Å². The maximum absolute atomic E-state index is 12.2. The van der Waals surface area contributed by atoms with E-state index in [0.29, 0.717) is 4.68 Å². The van der Waals surface area contributed by atoms with Gasteiger partial charge < -0.3 is 10.8 Å². The summed E-state index contributed by atoms with van der Waals surface area (Å²) in [6.45, 7) is 0. The minimum atomic E-state index is -4.74. The van der Waals surface area contributed by atoms with Crippen LogP contribution in [0.25, 0.3) is 0 Å². The molecule has 0 spiro atoms. The predicted octanol–water partition coefficient (Wildman–Crippen LogP) is 1.14. The van der Waals surface area contributed by atoms with Gasteiger partial charge in [-0.3, -0.25) is 4.68 Å². The molecule has 5 nitrogen and oxygen atoms in total. The van der Waals surface area contributed by atoms with Crippen LogP contribution in [0.15, 0.2) is 0 Å². The first-order valence-electron chi connectivity index (χ1n) is 3.38. The fraction of sp³-hybridized carbons (Fsp3) is 0.333. The smallest absolute Gasteiger partial charge is 0.437 e. The number of hydrogen-bond acceptors (Lipinski definition) is 3. The molecule has 0 aliphatic heterocycles. The van der Waals surface area contributed by atoms with Gasteiger partial charge in [-0.05, 0) is 0 Å². The summed E-state index contributed by atoms with van der Waals surface area (Å²) in [5.41, 5.74) is 2.09. The van der Waals surface area contributed by atoms with Crippen molar-refractivity contribution in [2.75, 3.05) is 5.73 Å². The Morgan fingerprint density at radius 1 is 1.53 bits per heavy atom. The molecule has 15 heavy (non-hydrogen) atoms. The summed E-state index contributed by atoms with van der Waals surface area (Å²) in [4.78, 5) is 10.5. The number of halogens is 4. The van der Waals surface area contributed by atoms with Crippen molar-refractivity contribution in [3.63, 3.8) is 0 Å². The topological polar surface area (TPSA) is 81.1 Å². The largest absolute Gasteiger partial charge is 0.476 e. The molecule has 0 saturated heterocycles. The molecule has 3 N–H and O–H groups in total. The van der Waals surface area contributed by atoms with E-state index in [4.69, 9.17) is 10.8 Å². The van der Waals surface area contributed by atoms with Crippen molar-refractivity contribution in [3.05, 3.63) is 11.4 Å². The first kappa shape index (κ1) is 13.6. The van der Waals surface area contributed by atoms with E-state index in [1.54, 1.807) is 0 Å². The number of anilines is 1. The van der Waals surface area contributed by atoms with Crippen LogP contribution in [-0.4, -0.2) is 20.9 Å². The molecule has 0 amide bonds. The molecule has 86 valence electrons. The van der Waals surface area contributed by atoms with Gasteiger partial charge in [-0.2, -0.15) is 18.3 Å². The first-order valence-corrected chi connectivity index (χ1v) is 3.38. The summed E-state index contributed by atoms with van der Waals surface area (Å²) in [6, 6.07) is 0. The standard InChI is InChI=1S/C6H6F3N3O2.ClH/c1-12-3(5(13)14)2(10)4(11-12)6(7,8)9;/h10H2,1H3,(H,13,14);1H. The number of carboxylic acids is 1. The van der Waals surface area contributed by atoms with Crippen molar-refractivity contribution in [3.8, 4) is 0 Å². The van der Waals surface area contributed by atoms with Gasteiger partial charge in [-0.1, -0.05) is 0 Å². The Hall–Kier alpha value is -1.44. The van der Waals surface area contributed by atoms with Crippen molar-refractivity contribution < 1.29 is 23.1 Å². The zero-order valence-electron chi connectivity index (χ0n) is 7.37. The summed E-state index contributed by atoms with van der Waals surface area (Å²) in [6.07, 6.45) is -4.74. The zero-order chi connectivity index (χ0) is 11.1. The fourth-order valence-electron chi connectivity index (χ4n) is 1.00. The zero-order valence-corrected chi connectivity index (χ0v) is 8.19. The second kappa shape index (κ2) is 3.97. The van der Waals surface area contributed by atoms with Crippen LogP contribution in [-0.2, 0) is 13.2 Å². The van der Waals surface area contributed by atoms with Gasteiger partial charge in [0.05, 0.1) is 5.69 Å². The van der Waals surface area contributed by atoms with Gasteiger partial charge in [0.1, 0.15) is 0 Å². The van der Waals surface area contributed by atoms with Crippen LogP contribution in [0, 0.1) is 0 Å². The van der Waals surface area contributed by atoms with Crippen molar-refractivity contribution in [1.29, 1.82) is 0 Å². The average molecular weight is 246 g/mol. The van der Waals surface area contributed by atoms with Gasteiger partial charge in [0, 0.05) is 7.05 Å². The number of nitrogens with zero attached hydrogens (tertiary/aromatic N) is 2. The third-order valence-corrected chi connectivity index (χ3v) is 1.55. The van der Waals surface area contributed by atoms with E-state index in [2.05, 4.69) is 5.10 Å². The molecular weight excluding hydrogens is 239 g/mol. The Morgan fingerprint density at radius 3 is 2.20 bits per heavy atom. The van der Waals surface area contributed by atoms with Crippen LogP contribution in [0.2, 0.25) is 0 Å². The van der Waals surface area contributed by atoms with E-state index < -0.39 is 29.2 Å². The number of carboxylic acid groups (broad SMARTS) is 1. The summed E-state index contributed by atoms with van der Waals surface area (Å²) < 4.78 is 37.1. The summed E-state index contributed by atoms with van der Waals surface area (Å²) in [7, 11) is 1.08. The highest BCUT2D eigenvalue weighted by molar-refractivity contribution is 5.92. The SMILES string of the molecule is Cl.Cn1nc(C(F)(F)F)c(N)c1C(=O)O. The maximum atomic E-state index is 12.2. The maximum Gasteiger partial charge on any atom is 0.437 e. The first-order chi connectivity index (χ1) is 6.25. The Balaban J connectivity index is 0.00000196. The molecular formula is C6H7ClF3N3O2. The fourth-order valence-corrected chi connectivity index (χ4v) is 1.00. The molecule has 1 aromatic rings. The van der Waals surface area contributed by atoms with Gasteiger partial charge in [0.2, 0.25) is 0 Å². The molecule has 1 aromatic heterocycles. The lowest BCUT2D eigenvalue weighted by atomic mass is 10.3. The third-order valence-electron chi connectivity index (χ3n) is 1.55. The van der Waals surface area contributed by atoms with Gasteiger partial charge >= 0.3 is 12.1 Å². The van der Waals surface area contributed by atoms with Crippen LogP contribution in [0.1, 0.15) is 16.2 Å². The summed E-state index contributed by atoms with van der Waals surface area (Å²) in [5.74, 6) is -1.55. The minimum absolute atomic E-state index is 0. The molecule has 0 atom stereocenters. The van der Waals surface area contributed by atoms with E-state index >= 15 is 0 Å². The van der Waals surface area contributed by atoms with Gasteiger partial charge in [0.15, 0.2) is 11.4 Å². The van der Waals surface area contributed by atoms with Crippen molar-refractivity contribution >= 4 is 24.1 Å². The van der Waals surface area contributed by atoms with Crippen molar-refractivity contribution in [2.45, 2.75) is 6.18 Å². The number of carbonyl (C=O) groups is 1. The Labute approximate surface area is 88.1 Å². The molecule has 9 heteroatoms. The normalized spacial score (nSPS) is 10.9. The minimum Gasteiger partial charge on any atom is -0.476 e. The van der Waals surface area contributed by atoms with E-state index in [9.17, 15) is 18.0 Å². The average Bonchev–Trinajstić information content (AvgIpc) is 2.24. The number of aromatic carboxylic acids is 1. The van der Waals surface area contributed by atoms with E-state index in [1.165, 1.54) is 0 Å². The second-order valence-corrected chi connectivity index (χ2v) is 2.54. The monoisotopic (exact) mass is 245 g/mol. The Morgan fingerprint density at radius 2 is 2.00 bits per heavy atom. The van der Waals surface area contributed by atoms with Crippen LogP contribution >= 0.6 is 12.4 Å². The molecule has 1 heterocycles. The molecule has 0 unspecified atom stereocenters. The number of alkyl halides is 3. The summed E-state index contributed by atoms with van der Waals surface area (Å²) in [5, 5.41) is 11.5. The van der Waals surface area contributed by atoms with Crippen molar-refractivity contribution in [1.82, 2.24) is 9.78 Å². The number of nitrogen functional groups attached to an aromatic ring is 1. The third kappa shape index (κ3) is 2.32. The molecule has 1 rings (SSSR count). The number of rotatable bonds is 1. The van der Waals surface area contributed by atoms with E-state index in [-0.39, 0.29) is 12.4 Å². The summed E-state index contributed by atoms with van der Waals surface area (Å²) >= 11 is 0. The van der Waals surface area contributed by atoms with Crippen LogP contribution in [0.4, 0.5) is 18.9 Å². The highest BCUT2D eigenvalue weighted by Crippen LogP contribution is 2.33. The Bertz CT molecular complexity index is 388. The molecule has 0 radical (unpaired) electrons. The second-order valence-electron chi connectivity index (χ2n) is 2.54. The van der Waals surface area contributed by atoms with E-state index in [1.807, 2.05) is 0 Å². The highest BCUT2D eigenvalue weighted by Gasteiger charge is 2.39. The highest BCUT2D eigenvalue weighted by atomic mass is 35.5. The van der Waals surface area contributed by atoms with Crippen LogP contribution in [0.5, 0.6) is 0 Å². The van der Waals surface area contributed by atoms with Crippen molar-refractivity contribution in [2.24, 2.45) is 7.05 Å². The molecule has 0 bridgehead atoms. The molecule has 0 aliphatic carbocycles. The lowest BCUT2D eigenvalue weighted by Crippen LogP contribution is -2.09. The molecule has 0 fully saturated rings. The lowest BCUT2D eigenvalue weighted by Gasteiger charge is -2.01. The quantitative estimate of drug-likeness (QED) is 0.777. The predicted molar refractivity (Wildman–Crippen MR) is 46.8 cm³/mol. The van der Waals surface area contributed by atoms with Gasteiger partial charge in [-0.15, -0.1) is 12.4 Å². The lowest BCUT2D eigenvalue weighted by molar-refractivity contribution is -0.140. The number of nitrogens with two attached hydrogens (primary N) is 1. The molecule has 0 saturated carbocycles. The Kier molecular flexibility index (Phi) is 3.59.